The van der Waals surface area contributed by atoms with E-state index in [1.165, 1.54) is 13.1 Å². The number of ketones is 1. The van der Waals surface area contributed by atoms with Gasteiger partial charge < -0.3 is 15.2 Å². The second kappa shape index (κ2) is 5.20. The minimum Gasteiger partial charge on any atom is -0.328 e. The van der Waals surface area contributed by atoms with Crippen molar-refractivity contribution in [1.29, 1.82) is 0 Å². The smallest absolute Gasteiger partial charge is 0.246 e. The Kier molecular flexibility index (Phi) is 3.76. The third-order valence-electron chi connectivity index (χ3n) is 3.36. The van der Waals surface area contributed by atoms with Crippen molar-refractivity contribution in [2.45, 2.75) is 39.4 Å². The number of amides is 1. The van der Waals surface area contributed by atoms with Crippen molar-refractivity contribution in [2.24, 2.45) is 5.73 Å². The van der Waals surface area contributed by atoms with Crippen molar-refractivity contribution in [2.75, 3.05) is 6.54 Å². The molecule has 1 aromatic heterocycles. The first-order valence-electron chi connectivity index (χ1n) is 6.69. The lowest BCUT2D eigenvalue weighted by Gasteiger charge is -2.39. The van der Waals surface area contributed by atoms with Crippen molar-refractivity contribution in [3.05, 3.63) is 29.9 Å². The van der Waals surface area contributed by atoms with E-state index in [-0.39, 0.29) is 11.7 Å². The Balaban J connectivity index is 2.34. The number of nitrogens with zero attached hydrogens (tertiary/aromatic N) is 3. The zero-order chi connectivity index (χ0) is 14.9. The Labute approximate surface area is 118 Å². The number of aromatic nitrogens is 2. The summed E-state index contributed by atoms with van der Waals surface area (Å²) in [5, 5.41) is 0. The normalized spacial score (nSPS) is 22.1. The monoisotopic (exact) mass is 276 g/mol. The molecule has 0 fully saturated rings. The molecule has 20 heavy (non-hydrogen) atoms. The lowest BCUT2D eigenvalue weighted by Crippen LogP contribution is -2.56. The predicted octanol–water partition coefficient (Wildman–Crippen LogP) is 1.03. The molecule has 1 aliphatic heterocycles. The summed E-state index contributed by atoms with van der Waals surface area (Å²) in [5.41, 5.74) is 5.94. The van der Waals surface area contributed by atoms with Gasteiger partial charge in [-0.3, -0.25) is 9.59 Å². The highest BCUT2D eigenvalue weighted by atomic mass is 16.2. The first kappa shape index (κ1) is 14.5. The van der Waals surface area contributed by atoms with E-state index < -0.39 is 5.66 Å². The summed E-state index contributed by atoms with van der Waals surface area (Å²) in [7, 11) is 0. The SMILES string of the molecule is CC/C=C/C(=O)N1Cc2ncc(C(C)=O)n2[C@](C)(N)C1. The van der Waals surface area contributed by atoms with E-state index >= 15 is 0 Å². The van der Waals surface area contributed by atoms with Gasteiger partial charge in [-0.25, -0.2) is 4.98 Å². The molecule has 0 radical (unpaired) electrons. The lowest BCUT2D eigenvalue weighted by molar-refractivity contribution is -0.129. The van der Waals surface area contributed by atoms with Crippen molar-refractivity contribution >= 4 is 11.7 Å². The quantitative estimate of drug-likeness (QED) is 0.660. The fourth-order valence-corrected chi connectivity index (χ4v) is 2.48. The number of carbonyl (C=O) groups excluding carboxylic acids is 2. The lowest BCUT2D eigenvalue weighted by atomic mass is 10.1. The van der Waals surface area contributed by atoms with Gasteiger partial charge in [0.25, 0.3) is 0 Å². The molecule has 0 aliphatic carbocycles. The van der Waals surface area contributed by atoms with Gasteiger partial charge in [-0.1, -0.05) is 13.0 Å². The van der Waals surface area contributed by atoms with Gasteiger partial charge in [-0.2, -0.15) is 0 Å². The molecule has 0 saturated carbocycles. The van der Waals surface area contributed by atoms with Crippen LogP contribution >= 0.6 is 0 Å². The fraction of sp³-hybridized carbons (Fsp3) is 0.500. The number of nitrogens with two attached hydrogens (primary N) is 1. The topological polar surface area (TPSA) is 81.2 Å². The van der Waals surface area contributed by atoms with Crippen LogP contribution in [0.1, 0.15) is 43.5 Å². The third-order valence-corrected chi connectivity index (χ3v) is 3.36. The molecule has 0 saturated heterocycles. The highest BCUT2D eigenvalue weighted by molar-refractivity contribution is 5.92. The van der Waals surface area contributed by atoms with Crippen LogP contribution in [0.4, 0.5) is 0 Å². The van der Waals surface area contributed by atoms with Gasteiger partial charge in [0.05, 0.1) is 19.3 Å². The maximum Gasteiger partial charge on any atom is 0.246 e. The number of imidazole rings is 1. The number of allylic oxidation sites excluding steroid dienone is 1. The molecule has 1 aromatic rings. The summed E-state index contributed by atoms with van der Waals surface area (Å²) in [6, 6.07) is 0. The largest absolute Gasteiger partial charge is 0.328 e. The van der Waals surface area contributed by atoms with E-state index in [1.807, 2.05) is 13.0 Å². The van der Waals surface area contributed by atoms with Crippen LogP contribution < -0.4 is 5.73 Å². The number of fused-ring (bicyclic) bond motifs is 1. The van der Waals surface area contributed by atoms with Crippen LogP contribution in [0.15, 0.2) is 18.3 Å². The van der Waals surface area contributed by atoms with Crippen molar-refractivity contribution in [3.63, 3.8) is 0 Å². The molecule has 2 rings (SSSR count). The van der Waals surface area contributed by atoms with Crippen LogP contribution in [-0.2, 0) is 17.0 Å². The molecule has 1 amide bonds. The van der Waals surface area contributed by atoms with E-state index in [0.29, 0.717) is 24.6 Å². The first-order valence-corrected chi connectivity index (χ1v) is 6.69. The van der Waals surface area contributed by atoms with Crippen molar-refractivity contribution in [1.82, 2.24) is 14.5 Å². The second-order valence-corrected chi connectivity index (χ2v) is 5.31. The summed E-state index contributed by atoms with van der Waals surface area (Å²) in [6.45, 7) is 5.98. The molecule has 6 heteroatoms. The van der Waals surface area contributed by atoms with Crippen LogP contribution in [0.2, 0.25) is 0 Å². The Bertz CT molecular complexity index is 572. The molecule has 2 N–H and O–H groups in total. The summed E-state index contributed by atoms with van der Waals surface area (Å²) >= 11 is 0. The van der Waals surface area contributed by atoms with Gasteiger partial charge in [-0.05, 0) is 19.4 Å². The highest BCUT2D eigenvalue weighted by Crippen LogP contribution is 2.24. The number of rotatable bonds is 3. The molecular weight excluding hydrogens is 256 g/mol. The van der Waals surface area contributed by atoms with E-state index in [4.69, 9.17) is 5.73 Å². The molecule has 6 nitrogen and oxygen atoms in total. The Hall–Kier alpha value is -1.95. The van der Waals surface area contributed by atoms with Gasteiger partial charge in [-0.15, -0.1) is 0 Å². The fourth-order valence-electron chi connectivity index (χ4n) is 2.48. The Morgan fingerprint density at radius 2 is 2.25 bits per heavy atom. The number of hydrogen-bond acceptors (Lipinski definition) is 4. The molecule has 0 bridgehead atoms. The molecule has 0 aromatic carbocycles. The van der Waals surface area contributed by atoms with Gasteiger partial charge in [0, 0.05) is 6.92 Å². The molecular formula is C14H20N4O2. The summed E-state index contributed by atoms with van der Waals surface area (Å²) < 4.78 is 1.74. The Morgan fingerprint density at radius 1 is 1.55 bits per heavy atom. The second-order valence-electron chi connectivity index (χ2n) is 5.31. The van der Waals surface area contributed by atoms with Gasteiger partial charge >= 0.3 is 0 Å². The maximum atomic E-state index is 12.1. The zero-order valence-electron chi connectivity index (χ0n) is 12.1. The molecule has 1 aliphatic rings. The number of hydrogen-bond donors (Lipinski definition) is 1. The van der Waals surface area contributed by atoms with E-state index in [0.717, 1.165) is 6.42 Å². The van der Waals surface area contributed by atoms with Crippen LogP contribution in [0.5, 0.6) is 0 Å². The van der Waals surface area contributed by atoms with E-state index in [1.54, 1.807) is 22.5 Å². The maximum absolute atomic E-state index is 12.1. The average molecular weight is 276 g/mol. The summed E-state index contributed by atoms with van der Waals surface area (Å²) in [5.74, 6) is 0.484. The summed E-state index contributed by atoms with van der Waals surface area (Å²) in [6.07, 6.45) is 5.71. The summed E-state index contributed by atoms with van der Waals surface area (Å²) in [4.78, 5) is 29.6. The predicted molar refractivity (Wildman–Crippen MR) is 74.9 cm³/mol. The first-order chi connectivity index (χ1) is 9.36. The van der Waals surface area contributed by atoms with Crippen LogP contribution in [0.25, 0.3) is 0 Å². The third kappa shape index (κ3) is 2.51. The van der Waals surface area contributed by atoms with E-state index in [9.17, 15) is 9.59 Å². The van der Waals surface area contributed by atoms with E-state index in [2.05, 4.69) is 4.98 Å². The molecule has 2 heterocycles. The van der Waals surface area contributed by atoms with Crippen LogP contribution in [-0.4, -0.2) is 32.7 Å². The average Bonchev–Trinajstić information content (AvgIpc) is 2.80. The Morgan fingerprint density at radius 3 is 2.85 bits per heavy atom. The van der Waals surface area contributed by atoms with Gasteiger partial charge in [0.15, 0.2) is 5.78 Å². The van der Waals surface area contributed by atoms with Gasteiger partial charge in [0.1, 0.15) is 17.2 Å². The molecule has 0 unspecified atom stereocenters. The van der Waals surface area contributed by atoms with Gasteiger partial charge in [0.2, 0.25) is 5.91 Å². The van der Waals surface area contributed by atoms with Crippen LogP contribution in [0.3, 0.4) is 0 Å². The number of Topliss-reactive ketones (excluding diaryl/α,β-unsaturated/α-hetero) is 1. The van der Waals surface area contributed by atoms with Crippen molar-refractivity contribution in [3.8, 4) is 0 Å². The zero-order valence-corrected chi connectivity index (χ0v) is 12.1. The highest BCUT2D eigenvalue weighted by Gasteiger charge is 2.36. The number of carbonyl (C=O) groups is 2. The van der Waals surface area contributed by atoms with Crippen LogP contribution in [0, 0.1) is 0 Å². The molecule has 108 valence electrons. The standard InChI is InChI=1S/C14H20N4O2/c1-4-5-6-13(20)17-8-12-16-7-11(10(2)19)18(12)14(3,15)9-17/h5-7H,4,8-9,15H2,1-3H3/b6-5+/t14-/m0/s1. The minimum atomic E-state index is -0.833. The molecule has 0 spiro atoms. The van der Waals surface area contributed by atoms with Crippen molar-refractivity contribution < 1.29 is 9.59 Å². The molecule has 1 atom stereocenters. The minimum absolute atomic E-state index is 0.0777.